The molecular weight excluding hydrogens is 399 g/mol. The van der Waals surface area contributed by atoms with E-state index in [0.29, 0.717) is 10.8 Å². The number of ether oxygens (including phenoxy) is 1. The molecule has 1 N–H and O–H groups in total. The smallest absolute Gasteiger partial charge is 0.262 e. The predicted octanol–water partition coefficient (Wildman–Crippen LogP) is 3.57. The number of rotatable bonds is 6. The molecular formula is C17H18Cl2N2O4S. The highest BCUT2D eigenvalue weighted by molar-refractivity contribution is 7.89. The summed E-state index contributed by atoms with van der Waals surface area (Å²) in [6.45, 7) is 1.55. The minimum absolute atomic E-state index is 0.0247. The standard InChI is InChI=1S/C17H18Cl2N2O4S/c1-11-8-12(18)4-7-16(11)25-10-17(22)20-15-9-13(5-6-14(15)19)26(23,24)21(2)3/h4-9H,10H2,1-3H3,(H,20,22). The minimum atomic E-state index is -3.64. The van der Waals surface area contributed by atoms with Crippen LogP contribution in [-0.2, 0) is 14.8 Å². The Bertz CT molecular complexity index is 930. The van der Waals surface area contributed by atoms with E-state index >= 15 is 0 Å². The maximum Gasteiger partial charge on any atom is 0.262 e. The third-order valence-electron chi connectivity index (χ3n) is 3.49. The Labute approximate surface area is 162 Å². The molecule has 0 fully saturated rings. The molecule has 0 radical (unpaired) electrons. The Balaban J connectivity index is 2.11. The van der Waals surface area contributed by atoms with Gasteiger partial charge in [0.15, 0.2) is 6.61 Å². The summed E-state index contributed by atoms with van der Waals surface area (Å²) < 4.78 is 30.9. The fourth-order valence-electron chi connectivity index (χ4n) is 2.08. The number of nitrogens with one attached hydrogen (secondary N) is 1. The van der Waals surface area contributed by atoms with Crippen LogP contribution in [0.4, 0.5) is 5.69 Å². The van der Waals surface area contributed by atoms with Crippen molar-refractivity contribution in [2.75, 3.05) is 26.0 Å². The zero-order valence-corrected chi connectivity index (χ0v) is 16.7. The van der Waals surface area contributed by atoms with Gasteiger partial charge in [-0.25, -0.2) is 12.7 Å². The first kappa shape index (κ1) is 20.5. The number of anilines is 1. The van der Waals surface area contributed by atoms with Gasteiger partial charge in [0.05, 0.1) is 15.6 Å². The fourth-order valence-corrected chi connectivity index (χ4v) is 3.40. The fraction of sp³-hybridized carbons (Fsp3) is 0.235. The largest absolute Gasteiger partial charge is 0.483 e. The Kier molecular flexibility index (Phi) is 6.52. The molecule has 26 heavy (non-hydrogen) atoms. The van der Waals surface area contributed by atoms with E-state index in [2.05, 4.69) is 5.32 Å². The Morgan fingerprint density at radius 1 is 1.15 bits per heavy atom. The van der Waals surface area contributed by atoms with Crippen LogP contribution in [0, 0.1) is 6.92 Å². The van der Waals surface area contributed by atoms with Crippen LogP contribution in [0.5, 0.6) is 5.75 Å². The highest BCUT2D eigenvalue weighted by atomic mass is 35.5. The van der Waals surface area contributed by atoms with Crippen LogP contribution in [0.15, 0.2) is 41.3 Å². The van der Waals surface area contributed by atoms with E-state index in [4.69, 9.17) is 27.9 Å². The molecule has 0 atom stereocenters. The molecule has 6 nitrogen and oxygen atoms in total. The molecule has 2 aromatic carbocycles. The van der Waals surface area contributed by atoms with Gasteiger partial charge in [-0.05, 0) is 48.9 Å². The van der Waals surface area contributed by atoms with Crippen molar-refractivity contribution in [3.63, 3.8) is 0 Å². The van der Waals surface area contributed by atoms with Gasteiger partial charge in [0.2, 0.25) is 10.0 Å². The van der Waals surface area contributed by atoms with Gasteiger partial charge in [0, 0.05) is 19.1 Å². The van der Waals surface area contributed by atoms with E-state index in [-0.39, 0.29) is 22.2 Å². The summed E-state index contributed by atoms with van der Waals surface area (Å²) in [7, 11) is -0.795. The SMILES string of the molecule is Cc1cc(Cl)ccc1OCC(=O)Nc1cc(S(=O)(=O)N(C)C)ccc1Cl. The molecule has 1 amide bonds. The molecule has 9 heteroatoms. The summed E-state index contributed by atoms with van der Waals surface area (Å²) in [4.78, 5) is 12.2. The maximum atomic E-state index is 12.2. The van der Waals surface area contributed by atoms with Crippen molar-refractivity contribution in [1.29, 1.82) is 0 Å². The number of benzene rings is 2. The summed E-state index contributed by atoms with van der Waals surface area (Å²) >= 11 is 11.9. The van der Waals surface area contributed by atoms with Gasteiger partial charge in [-0.3, -0.25) is 4.79 Å². The first-order valence-electron chi connectivity index (χ1n) is 7.52. The molecule has 0 aliphatic rings. The Hall–Kier alpha value is -1.80. The number of aryl methyl sites for hydroxylation is 1. The van der Waals surface area contributed by atoms with E-state index in [0.717, 1.165) is 9.87 Å². The van der Waals surface area contributed by atoms with Crippen molar-refractivity contribution in [2.45, 2.75) is 11.8 Å². The van der Waals surface area contributed by atoms with Crippen molar-refractivity contribution in [3.8, 4) is 5.75 Å². The van der Waals surface area contributed by atoms with Gasteiger partial charge in [-0.15, -0.1) is 0 Å². The van der Waals surface area contributed by atoms with Gasteiger partial charge in [-0.2, -0.15) is 0 Å². The molecule has 0 bridgehead atoms. The van der Waals surface area contributed by atoms with Crippen LogP contribution in [0.25, 0.3) is 0 Å². The lowest BCUT2D eigenvalue weighted by Crippen LogP contribution is -2.23. The summed E-state index contributed by atoms with van der Waals surface area (Å²) in [5, 5.41) is 3.35. The molecule has 2 rings (SSSR count). The highest BCUT2D eigenvalue weighted by Crippen LogP contribution is 2.26. The monoisotopic (exact) mass is 416 g/mol. The quantitative estimate of drug-likeness (QED) is 0.780. The van der Waals surface area contributed by atoms with Crippen molar-refractivity contribution >= 4 is 44.8 Å². The zero-order valence-electron chi connectivity index (χ0n) is 14.4. The van der Waals surface area contributed by atoms with Crippen LogP contribution >= 0.6 is 23.2 Å². The molecule has 0 heterocycles. The molecule has 0 aliphatic heterocycles. The van der Waals surface area contributed by atoms with Crippen LogP contribution in [-0.4, -0.2) is 39.3 Å². The van der Waals surface area contributed by atoms with E-state index < -0.39 is 15.9 Å². The topological polar surface area (TPSA) is 75.7 Å². The number of hydrogen-bond donors (Lipinski definition) is 1. The molecule has 0 spiro atoms. The number of amides is 1. The van der Waals surface area contributed by atoms with Crippen molar-refractivity contribution < 1.29 is 17.9 Å². The number of halogens is 2. The van der Waals surface area contributed by atoms with Crippen molar-refractivity contribution in [3.05, 3.63) is 52.0 Å². The zero-order chi connectivity index (χ0) is 19.5. The number of nitrogens with zero attached hydrogens (tertiary/aromatic N) is 1. The van der Waals surface area contributed by atoms with E-state index in [9.17, 15) is 13.2 Å². The lowest BCUT2D eigenvalue weighted by molar-refractivity contribution is -0.118. The molecule has 0 unspecified atom stereocenters. The molecule has 0 aromatic heterocycles. The lowest BCUT2D eigenvalue weighted by atomic mass is 10.2. The number of carbonyl (C=O) groups is 1. The van der Waals surface area contributed by atoms with Crippen molar-refractivity contribution in [1.82, 2.24) is 4.31 Å². The molecule has 140 valence electrons. The molecule has 2 aromatic rings. The number of carbonyl (C=O) groups excluding carboxylic acids is 1. The van der Waals surface area contributed by atoms with Gasteiger partial charge >= 0.3 is 0 Å². The van der Waals surface area contributed by atoms with Crippen molar-refractivity contribution in [2.24, 2.45) is 0 Å². The average Bonchev–Trinajstić information content (AvgIpc) is 2.55. The Morgan fingerprint density at radius 3 is 2.46 bits per heavy atom. The molecule has 0 saturated carbocycles. The second-order valence-corrected chi connectivity index (χ2v) is 8.67. The van der Waals surface area contributed by atoms with Crippen LogP contribution in [0.3, 0.4) is 0 Å². The van der Waals surface area contributed by atoms with Crippen LogP contribution < -0.4 is 10.1 Å². The average molecular weight is 417 g/mol. The number of hydrogen-bond acceptors (Lipinski definition) is 4. The summed E-state index contributed by atoms with van der Waals surface area (Å²) in [5.74, 6) is 0.0558. The Morgan fingerprint density at radius 2 is 1.85 bits per heavy atom. The summed E-state index contributed by atoms with van der Waals surface area (Å²) in [5.41, 5.74) is 0.985. The van der Waals surface area contributed by atoms with Gasteiger partial charge < -0.3 is 10.1 Å². The number of sulfonamides is 1. The van der Waals surface area contributed by atoms with Crippen LogP contribution in [0.1, 0.15) is 5.56 Å². The third-order valence-corrected chi connectivity index (χ3v) is 5.86. The normalized spacial score (nSPS) is 11.5. The first-order chi connectivity index (χ1) is 12.1. The lowest BCUT2D eigenvalue weighted by Gasteiger charge is -2.14. The summed E-state index contributed by atoms with van der Waals surface area (Å²) in [6, 6.07) is 9.15. The summed E-state index contributed by atoms with van der Waals surface area (Å²) in [6.07, 6.45) is 0. The predicted molar refractivity (Wildman–Crippen MR) is 103 cm³/mol. The molecule has 0 saturated heterocycles. The van der Waals surface area contributed by atoms with E-state index in [1.807, 2.05) is 6.92 Å². The first-order valence-corrected chi connectivity index (χ1v) is 9.71. The second-order valence-electron chi connectivity index (χ2n) is 5.68. The highest BCUT2D eigenvalue weighted by Gasteiger charge is 2.19. The van der Waals surface area contributed by atoms with Gasteiger partial charge in [-0.1, -0.05) is 23.2 Å². The maximum absolute atomic E-state index is 12.2. The molecule has 0 aliphatic carbocycles. The van der Waals surface area contributed by atoms with Crippen LogP contribution in [0.2, 0.25) is 10.0 Å². The van der Waals surface area contributed by atoms with Gasteiger partial charge in [0.1, 0.15) is 5.75 Å². The van der Waals surface area contributed by atoms with Gasteiger partial charge in [0.25, 0.3) is 5.91 Å². The minimum Gasteiger partial charge on any atom is -0.483 e. The van der Waals surface area contributed by atoms with E-state index in [1.54, 1.807) is 18.2 Å². The van der Waals surface area contributed by atoms with E-state index in [1.165, 1.54) is 32.3 Å². The second kappa shape index (κ2) is 8.26. The third kappa shape index (κ3) is 4.88.